The third kappa shape index (κ3) is 4.06. The number of anilines is 3. The molecule has 1 fully saturated rings. The highest BCUT2D eigenvalue weighted by atomic mass is 19.1. The van der Waals surface area contributed by atoms with Gasteiger partial charge < -0.3 is 20.7 Å². The number of benzene rings is 1. The maximum atomic E-state index is 12.9. The van der Waals surface area contributed by atoms with Gasteiger partial charge in [0, 0.05) is 18.7 Å². The van der Waals surface area contributed by atoms with Gasteiger partial charge in [-0.05, 0) is 31.0 Å². The summed E-state index contributed by atoms with van der Waals surface area (Å²) >= 11 is 0. The average Bonchev–Trinajstić information content (AvgIpc) is 2.66. The van der Waals surface area contributed by atoms with Crippen LogP contribution in [0.25, 0.3) is 0 Å². The first-order valence-corrected chi connectivity index (χ1v) is 8.39. The number of nitrogens with one attached hydrogen (secondary N) is 3. The average molecular weight is 370 g/mol. The van der Waals surface area contributed by atoms with Gasteiger partial charge >= 0.3 is 0 Å². The fourth-order valence-corrected chi connectivity index (χ4v) is 2.71. The zero-order valence-corrected chi connectivity index (χ0v) is 14.9. The smallest absolute Gasteiger partial charge is 0.251 e. The number of amides is 1. The highest BCUT2D eigenvalue weighted by molar-refractivity contribution is 5.95. The lowest BCUT2D eigenvalue weighted by Crippen LogP contribution is -2.45. The van der Waals surface area contributed by atoms with Crippen LogP contribution in [0.1, 0.15) is 28.8 Å². The maximum absolute atomic E-state index is 12.9. The number of carbonyl (C=O) groups is 1. The summed E-state index contributed by atoms with van der Waals surface area (Å²) in [5.74, 6) is 0.830. The number of halogens is 1. The molecule has 1 aromatic carbocycles. The van der Waals surface area contributed by atoms with Gasteiger partial charge in [0.1, 0.15) is 29.4 Å². The second kappa shape index (κ2) is 7.86. The van der Waals surface area contributed by atoms with E-state index in [1.54, 1.807) is 25.2 Å². The van der Waals surface area contributed by atoms with E-state index in [0.29, 0.717) is 41.2 Å². The summed E-state index contributed by atoms with van der Waals surface area (Å²) in [7, 11) is 3.15. The first-order valence-electron chi connectivity index (χ1n) is 8.39. The molecule has 2 aromatic rings. The van der Waals surface area contributed by atoms with Crippen molar-refractivity contribution in [1.82, 2.24) is 15.3 Å². The molecule has 0 bridgehead atoms. The predicted molar refractivity (Wildman–Crippen MR) is 98.0 cm³/mol. The van der Waals surface area contributed by atoms with Crippen LogP contribution in [0.4, 0.5) is 21.8 Å². The van der Waals surface area contributed by atoms with Gasteiger partial charge in [-0.1, -0.05) is 0 Å². The van der Waals surface area contributed by atoms with E-state index in [0.717, 1.165) is 0 Å². The molecule has 0 radical (unpaired) electrons. The molecule has 0 unspecified atom stereocenters. The summed E-state index contributed by atoms with van der Waals surface area (Å²) in [6, 6.07) is 6.77. The zero-order chi connectivity index (χ0) is 19.4. The molecule has 0 aliphatic heterocycles. The molecule has 1 aliphatic rings. The molecule has 8 nitrogen and oxygen atoms in total. The number of nitriles is 1. The van der Waals surface area contributed by atoms with Gasteiger partial charge in [0.15, 0.2) is 0 Å². The van der Waals surface area contributed by atoms with Crippen molar-refractivity contribution in [3.63, 3.8) is 0 Å². The van der Waals surface area contributed by atoms with E-state index in [1.165, 1.54) is 13.3 Å². The van der Waals surface area contributed by atoms with Gasteiger partial charge in [-0.25, -0.2) is 9.37 Å². The third-order valence-electron chi connectivity index (χ3n) is 4.27. The number of ether oxygens (including phenoxy) is 1. The molecule has 1 saturated carbocycles. The topological polar surface area (TPSA) is 112 Å². The standard InChI is InChI=1S/C18H19FN6O2/c1-21-16-11(8-20)9-22-18(25-16)24-14-4-3-10(5-15(14)27-2)17(26)23-13-6-12(19)7-13/h3-5,9,12-13H,6-7H2,1-2H3,(H,23,26)(H2,21,22,24,25). The Morgan fingerprint density at radius 3 is 2.81 bits per heavy atom. The van der Waals surface area contributed by atoms with Gasteiger partial charge in [-0.15, -0.1) is 0 Å². The van der Waals surface area contributed by atoms with Crippen molar-refractivity contribution in [2.45, 2.75) is 25.1 Å². The molecule has 1 aromatic heterocycles. The zero-order valence-electron chi connectivity index (χ0n) is 14.9. The molecule has 0 atom stereocenters. The summed E-state index contributed by atoms with van der Waals surface area (Å²) in [5, 5.41) is 17.7. The Bertz CT molecular complexity index is 892. The maximum Gasteiger partial charge on any atom is 0.251 e. The van der Waals surface area contributed by atoms with Gasteiger partial charge in [0.2, 0.25) is 5.95 Å². The van der Waals surface area contributed by atoms with Crippen LogP contribution in [-0.4, -0.2) is 42.2 Å². The Hall–Kier alpha value is -3.41. The quantitative estimate of drug-likeness (QED) is 0.716. The lowest BCUT2D eigenvalue weighted by atomic mass is 9.90. The molecule has 3 rings (SSSR count). The molecule has 0 saturated heterocycles. The first-order chi connectivity index (χ1) is 13.0. The number of alkyl halides is 1. The van der Waals surface area contributed by atoms with Crippen molar-refractivity contribution in [2.75, 3.05) is 24.8 Å². The summed E-state index contributed by atoms with van der Waals surface area (Å²) in [4.78, 5) is 20.6. The van der Waals surface area contributed by atoms with E-state index in [1.807, 2.05) is 6.07 Å². The molecule has 3 N–H and O–H groups in total. The molecule has 27 heavy (non-hydrogen) atoms. The molecule has 0 spiro atoms. The second-order valence-electron chi connectivity index (χ2n) is 6.10. The summed E-state index contributed by atoms with van der Waals surface area (Å²) in [6.07, 6.45) is 1.29. The molecular weight excluding hydrogens is 351 g/mol. The molecule has 1 amide bonds. The molecule has 9 heteroatoms. The Morgan fingerprint density at radius 1 is 1.41 bits per heavy atom. The minimum Gasteiger partial charge on any atom is -0.495 e. The molecule has 1 aliphatic carbocycles. The molecule has 1 heterocycles. The monoisotopic (exact) mass is 370 g/mol. The normalized spacial score (nSPS) is 18.0. The minimum atomic E-state index is -0.827. The third-order valence-corrected chi connectivity index (χ3v) is 4.27. The van der Waals surface area contributed by atoms with Crippen LogP contribution in [0.2, 0.25) is 0 Å². The fourth-order valence-electron chi connectivity index (χ4n) is 2.71. The van der Waals surface area contributed by atoms with E-state index in [2.05, 4.69) is 25.9 Å². The minimum absolute atomic E-state index is 0.122. The number of hydrogen-bond acceptors (Lipinski definition) is 7. The van der Waals surface area contributed by atoms with E-state index >= 15 is 0 Å². The van der Waals surface area contributed by atoms with Crippen molar-refractivity contribution < 1.29 is 13.9 Å². The highest BCUT2D eigenvalue weighted by Crippen LogP contribution is 2.29. The van der Waals surface area contributed by atoms with Crippen molar-refractivity contribution in [3.05, 3.63) is 35.5 Å². The first kappa shape index (κ1) is 18.4. The van der Waals surface area contributed by atoms with Crippen LogP contribution in [0.3, 0.4) is 0 Å². The van der Waals surface area contributed by atoms with Gasteiger partial charge in [-0.3, -0.25) is 4.79 Å². The van der Waals surface area contributed by atoms with E-state index in [-0.39, 0.29) is 17.9 Å². The largest absolute Gasteiger partial charge is 0.495 e. The molecular formula is C18H19FN6O2. The molecule has 140 valence electrons. The number of methoxy groups -OCH3 is 1. The van der Waals surface area contributed by atoms with Crippen LogP contribution >= 0.6 is 0 Å². The number of rotatable bonds is 6. The van der Waals surface area contributed by atoms with Crippen LogP contribution in [0.15, 0.2) is 24.4 Å². The Morgan fingerprint density at radius 2 is 2.19 bits per heavy atom. The van der Waals surface area contributed by atoms with Crippen molar-refractivity contribution in [3.8, 4) is 11.8 Å². The van der Waals surface area contributed by atoms with E-state index in [9.17, 15) is 9.18 Å². The lowest BCUT2D eigenvalue weighted by molar-refractivity contribution is 0.0860. The second-order valence-corrected chi connectivity index (χ2v) is 6.10. The summed E-state index contributed by atoms with van der Waals surface area (Å²) in [5.41, 5.74) is 1.30. The van der Waals surface area contributed by atoms with Crippen molar-refractivity contribution in [1.29, 1.82) is 5.26 Å². The predicted octanol–water partition coefficient (Wildman–Crippen LogP) is 2.37. The van der Waals surface area contributed by atoms with Gasteiger partial charge in [0.05, 0.1) is 19.0 Å². The van der Waals surface area contributed by atoms with E-state index < -0.39 is 6.17 Å². The van der Waals surface area contributed by atoms with Gasteiger partial charge in [-0.2, -0.15) is 10.2 Å². The number of nitrogens with zero attached hydrogens (tertiary/aromatic N) is 3. The van der Waals surface area contributed by atoms with Crippen molar-refractivity contribution in [2.24, 2.45) is 0 Å². The number of carbonyl (C=O) groups excluding carboxylic acids is 1. The SMILES string of the molecule is CNc1nc(Nc2ccc(C(=O)NC3CC(F)C3)cc2OC)ncc1C#N. The van der Waals surface area contributed by atoms with Crippen LogP contribution in [0, 0.1) is 11.3 Å². The Labute approximate surface area is 155 Å². The summed E-state index contributed by atoms with van der Waals surface area (Å²) in [6.45, 7) is 0. The van der Waals surface area contributed by atoms with Gasteiger partial charge in [0.25, 0.3) is 5.91 Å². The lowest BCUT2D eigenvalue weighted by Gasteiger charge is -2.30. The highest BCUT2D eigenvalue weighted by Gasteiger charge is 2.30. The Balaban J connectivity index is 1.76. The van der Waals surface area contributed by atoms with Crippen LogP contribution in [-0.2, 0) is 0 Å². The van der Waals surface area contributed by atoms with E-state index in [4.69, 9.17) is 10.00 Å². The number of hydrogen-bond donors (Lipinski definition) is 3. The summed E-state index contributed by atoms with van der Waals surface area (Å²) < 4.78 is 18.2. The Kier molecular flexibility index (Phi) is 5.35. The van der Waals surface area contributed by atoms with Crippen LogP contribution < -0.4 is 20.7 Å². The fraction of sp³-hybridized carbons (Fsp3) is 0.333. The van der Waals surface area contributed by atoms with Crippen LogP contribution in [0.5, 0.6) is 5.75 Å². The van der Waals surface area contributed by atoms with Crippen molar-refractivity contribution >= 4 is 23.4 Å². The number of aromatic nitrogens is 2.